The molecule has 0 aromatic heterocycles. The summed E-state index contributed by atoms with van der Waals surface area (Å²) in [4.78, 5) is 11.0. The summed E-state index contributed by atoms with van der Waals surface area (Å²) in [7, 11) is 0. The minimum atomic E-state index is -0.466. The molecule has 1 amide bonds. The molecule has 5 heteroatoms. The van der Waals surface area contributed by atoms with Gasteiger partial charge in [-0.05, 0) is 32.5 Å². The normalized spacial score (nSPS) is 10.3. The summed E-state index contributed by atoms with van der Waals surface area (Å²) >= 11 is 1.10. The summed E-state index contributed by atoms with van der Waals surface area (Å²) in [6.45, 7) is 5.86. The zero-order chi connectivity index (χ0) is 10.3. The highest BCUT2D eigenvalue weighted by Gasteiger charge is 2.15. The highest BCUT2D eigenvalue weighted by atomic mass is 32.2. The average molecular weight is 202 g/mol. The molecule has 0 radical (unpaired) electrons. The van der Waals surface area contributed by atoms with Crippen LogP contribution in [0.3, 0.4) is 0 Å². The van der Waals surface area contributed by atoms with Crippen molar-refractivity contribution in [2.75, 3.05) is 12.3 Å². The largest absolute Gasteiger partial charge is 0.444 e. The third-order valence-corrected chi connectivity index (χ3v) is 1.47. The van der Waals surface area contributed by atoms with Crippen LogP contribution >= 0.6 is 11.8 Å². The Hall–Kier alpha value is -0.890. The van der Waals surface area contributed by atoms with Crippen molar-refractivity contribution < 1.29 is 9.53 Å². The summed E-state index contributed by atoms with van der Waals surface area (Å²) in [5, 5.41) is 12.6. The fourth-order valence-corrected chi connectivity index (χ4v) is 0.859. The molecule has 0 saturated heterocycles. The van der Waals surface area contributed by atoms with Gasteiger partial charge in [0.1, 0.15) is 11.0 Å². The van der Waals surface area contributed by atoms with Crippen LogP contribution in [0.4, 0.5) is 4.79 Å². The van der Waals surface area contributed by atoms with E-state index in [0.29, 0.717) is 12.3 Å². The van der Waals surface area contributed by atoms with E-state index in [9.17, 15) is 4.79 Å². The zero-order valence-electron chi connectivity index (χ0n) is 8.09. The van der Waals surface area contributed by atoms with Gasteiger partial charge in [0.25, 0.3) is 0 Å². The third kappa shape index (κ3) is 9.02. The summed E-state index contributed by atoms with van der Waals surface area (Å²) in [6, 6.07) is 0. The lowest BCUT2D eigenvalue weighted by Crippen LogP contribution is -2.33. The Morgan fingerprint density at radius 1 is 1.62 bits per heavy atom. The number of hydrogen-bond acceptors (Lipinski definition) is 4. The van der Waals surface area contributed by atoms with Crippen LogP contribution in [0.1, 0.15) is 20.8 Å². The number of amides is 1. The predicted octanol–water partition coefficient (Wildman–Crippen LogP) is 1.73. The minimum Gasteiger partial charge on any atom is -0.444 e. The molecule has 0 heterocycles. The van der Waals surface area contributed by atoms with Crippen molar-refractivity contribution in [2.45, 2.75) is 26.4 Å². The molecule has 0 saturated carbocycles. The molecule has 0 aromatic rings. The van der Waals surface area contributed by atoms with Gasteiger partial charge in [-0.3, -0.25) is 0 Å². The van der Waals surface area contributed by atoms with Crippen molar-refractivity contribution in [1.82, 2.24) is 5.32 Å². The van der Waals surface area contributed by atoms with E-state index in [-0.39, 0.29) is 0 Å². The van der Waals surface area contributed by atoms with Crippen molar-refractivity contribution in [2.24, 2.45) is 0 Å². The van der Waals surface area contributed by atoms with Crippen LogP contribution in [0.2, 0.25) is 0 Å². The molecule has 13 heavy (non-hydrogen) atoms. The number of alkyl carbamates (subject to hydrolysis) is 1. The van der Waals surface area contributed by atoms with Gasteiger partial charge in [-0.2, -0.15) is 5.26 Å². The van der Waals surface area contributed by atoms with Crippen LogP contribution in [0.5, 0.6) is 0 Å². The van der Waals surface area contributed by atoms with Crippen molar-refractivity contribution in [3.05, 3.63) is 0 Å². The van der Waals surface area contributed by atoms with E-state index in [1.54, 1.807) is 20.8 Å². The highest BCUT2D eigenvalue weighted by Crippen LogP contribution is 2.06. The van der Waals surface area contributed by atoms with Gasteiger partial charge < -0.3 is 10.1 Å². The lowest BCUT2D eigenvalue weighted by atomic mass is 10.2. The molecule has 0 fully saturated rings. The summed E-state index contributed by atoms with van der Waals surface area (Å²) in [6.07, 6.45) is -0.439. The SMILES string of the molecule is CC(C)(C)OC(=O)NCCSC#N. The van der Waals surface area contributed by atoms with Gasteiger partial charge in [-0.25, -0.2) is 4.79 Å². The van der Waals surface area contributed by atoms with E-state index in [4.69, 9.17) is 10.00 Å². The first-order valence-electron chi connectivity index (χ1n) is 3.93. The third-order valence-electron chi connectivity index (χ3n) is 0.937. The Bertz CT molecular complexity index is 205. The number of rotatable bonds is 3. The fraction of sp³-hybridized carbons (Fsp3) is 0.750. The molecule has 0 spiro atoms. The van der Waals surface area contributed by atoms with E-state index < -0.39 is 11.7 Å². The molecule has 0 aliphatic rings. The van der Waals surface area contributed by atoms with Crippen molar-refractivity contribution >= 4 is 17.9 Å². The molecule has 0 aliphatic heterocycles. The van der Waals surface area contributed by atoms with Crippen LogP contribution in [-0.2, 0) is 4.74 Å². The second kappa shape index (κ2) is 5.70. The van der Waals surface area contributed by atoms with Gasteiger partial charge in [-0.1, -0.05) is 0 Å². The van der Waals surface area contributed by atoms with Gasteiger partial charge in [0.2, 0.25) is 0 Å². The number of carbonyl (C=O) groups is 1. The molecule has 1 N–H and O–H groups in total. The standard InChI is InChI=1S/C8H14N2O2S/c1-8(2,3)12-7(11)10-4-5-13-6-9/h4-5H2,1-3H3,(H,10,11). The molecule has 0 aliphatic carbocycles. The molecule has 0 rings (SSSR count). The Labute approximate surface area is 82.6 Å². The van der Waals surface area contributed by atoms with Crippen LogP contribution in [0, 0.1) is 10.7 Å². The monoisotopic (exact) mass is 202 g/mol. The Morgan fingerprint density at radius 2 is 2.23 bits per heavy atom. The van der Waals surface area contributed by atoms with Crippen LogP contribution in [0.15, 0.2) is 0 Å². The number of ether oxygens (including phenoxy) is 1. The number of carbonyl (C=O) groups excluding carboxylic acids is 1. The molecular weight excluding hydrogens is 188 g/mol. The summed E-state index contributed by atoms with van der Waals surface area (Å²) < 4.78 is 4.98. The van der Waals surface area contributed by atoms with Gasteiger partial charge in [0, 0.05) is 12.3 Å². The van der Waals surface area contributed by atoms with Gasteiger partial charge in [-0.15, -0.1) is 0 Å². The lowest BCUT2D eigenvalue weighted by Gasteiger charge is -2.19. The Balaban J connectivity index is 3.48. The first kappa shape index (κ1) is 12.1. The smallest absolute Gasteiger partial charge is 0.407 e. The summed E-state index contributed by atoms with van der Waals surface area (Å²) in [5.41, 5.74) is -0.466. The maximum Gasteiger partial charge on any atom is 0.407 e. The summed E-state index contributed by atoms with van der Waals surface area (Å²) in [5.74, 6) is 0.579. The van der Waals surface area contributed by atoms with Crippen molar-refractivity contribution in [3.63, 3.8) is 0 Å². The van der Waals surface area contributed by atoms with Gasteiger partial charge >= 0.3 is 6.09 Å². The second-order valence-corrected chi connectivity index (χ2v) is 4.25. The topological polar surface area (TPSA) is 62.1 Å². The number of nitriles is 1. The molecular formula is C8H14N2O2S. The van der Waals surface area contributed by atoms with Gasteiger partial charge in [0.05, 0.1) is 0 Å². The van der Waals surface area contributed by atoms with Crippen molar-refractivity contribution in [3.8, 4) is 5.40 Å². The number of hydrogen-bond donors (Lipinski definition) is 1. The predicted molar refractivity (Wildman–Crippen MR) is 52.3 cm³/mol. The maximum absolute atomic E-state index is 11.0. The van der Waals surface area contributed by atoms with E-state index in [1.165, 1.54) is 0 Å². The molecule has 0 aromatic carbocycles. The molecule has 74 valence electrons. The Kier molecular flexibility index (Phi) is 5.31. The van der Waals surface area contributed by atoms with E-state index >= 15 is 0 Å². The van der Waals surface area contributed by atoms with Crippen molar-refractivity contribution in [1.29, 1.82) is 5.26 Å². The molecule has 0 unspecified atom stereocenters. The fourth-order valence-electron chi connectivity index (χ4n) is 0.564. The number of thioether (sulfide) groups is 1. The number of nitrogens with zero attached hydrogens (tertiary/aromatic N) is 1. The quantitative estimate of drug-likeness (QED) is 0.559. The second-order valence-electron chi connectivity index (χ2n) is 3.37. The number of nitrogens with one attached hydrogen (secondary N) is 1. The average Bonchev–Trinajstić information content (AvgIpc) is 1.94. The van der Waals surface area contributed by atoms with Gasteiger partial charge in [0.15, 0.2) is 0 Å². The van der Waals surface area contributed by atoms with E-state index in [0.717, 1.165) is 11.8 Å². The first-order valence-corrected chi connectivity index (χ1v) is 4.92. The number of thiocyanates is 1. The first-order chi connectivity index (χ1) is 5.95. The minimum absolute atomic E-state index is 0.439. The van der Waals surface area contributed by atoms with E-state index in [1.807, 2.05) is 5.40 Å². The van der Waals surface area contributed by atoms with Crippen LogP contribution in [-0.4, -0.2) is 24.0 Å². The molecule has 4 nitrogen and oxygen atoms in total. The highest BCUT2D eigenvalue weighted by molar-refractivity contribution is 8.03. The zero-order valence-corrected chi connectivity index (χ0v) is 8.90. The Morgan fingerprint density at radius 3 is 2.69 bits per heavy atom. The van der Waals surface area contributed by atoms with Crippen LogP contribution in [0.25, 0.3) is 0 Å². The van der Waals surface area contributed by atoms with E-state index in [2.05, 4.69) is 5.32 Å². The van der Waals surface area contributed by atoms with Crippen LogP contribution < -0.4 is 5.32 Å². The molecule has 0 atom stereocenters. The molecule has 0 bridgehead atoms. The maximum atomic E-state index is 11.0. The lowest BCUT2D eigenvalue weighted by molar-refractivity contribution is 0.0531.